The van der Waals surface area contributed by atoms with E-state index in [1.807, 2.05) is 4.90 Å². The summed E-state index contributed by atoms with van der Waals surface area (Å²) in [5.41, 5.74) is 1.15. The average Bonchev–Trinajstić information content (AvgIpc) is 2.47. The molecule has 5 nitrogen and oxygen atoms in total. The molecule has 0 saturated carbocycles. The molecule has 0 atom stereocenters. The van der Waals surface area contributed by atoms with Crippen molar-refractivity contribution in [2.45, 2.75) is 0 Å². The third kappa shape index (κ3) is 5.54. The van der Waals surface area contributed by atoms with Gasteiger partial charge in [0.2, 0.25) is 5.91 Å². The van der Waals surface area contributed by atoms with Crippen LogP contribution in [0.4, 0.5) is 5.69 Å². The highest BCUT2D eigenvalue weighted by Gasteiger charge is 2.11. The summed E-state index contributed by atoms with van der Waals surface area (Å²) in [7, 11) is 3.38. The third-order valence-corrected chi connectivity index (χ3v) is 2.94. The molecule has 0 heterocycles. The fraction of sp³-hybridized carbons (Fsp3) is 0.294. The lowest BCUT2D eigenvalue weighted by Crippen LogP contribution is -2.33. The second-order valence-electron chi connectivity index (χ2n) is 5.10. The van der Waals surface area contributed by atoms with Crippen LogP contribution in [-0.2, 0) is 4.79 Å². The molecule has 0 saturated heterocycles. The monoisotopic (exact) mass is 301 g/mol. The van der Waals surface area contributed by atoms with Crippen molar-refractivity contribution in [2.75, 3.05) is 39.0 Å². The van der Waals surface area contributed by atoms with Crippen molar-refractivity contribution in [1.82, 2.24) is 9.80 Å². The maximum absolute atomic E-state index is 12.1. The van der Waals surface area contributed by atoms with Gasteiger partial charge in [-0.15, -0.1) is 13.2 Å². The summed E-state index contributed by atoms with van der Waals surface area (Å²) < 4.78 is 0. The van der Waals surface area contributed by atoms with Crippen LogP contribution in [0.2, 0.25) is 0 Å². The van der Waals surface area contributed by atoms with E-state index in [-0.39, 0.29) is 18.4 Å². The maximum atomic E-state index is 12.1. The van der Waals surface area contributed by atoms with Gasteiger partial charge < -0.3 is 10.2 Å². The Bertz CT molecular complexity index is 543. The minimum absolute atomic E-state index is 0.101. The van der Waals surface area contributed by atoms with E-state index in [0.29, 0.717) is 24.3 Å². The van der Waals surface area contributed by atoms with Crippen molar-refractivity contribution in [3.8, 4) is 0 Å². The fourth-order valence-corrected chi connectivity index (χ4v) is 1.96. The van der Waals surface area contributed by atoms with Crippen LogP contribution in [0.3, 0.4) is 0 Å². The largest absolute Gasteiger partial charge is 0.345 e. The Hall–Kier alpha value is -2.40. The summed E-state index contributed by atoms with van der Waals surface area (Å²) in [5.74, 6) is -0.241. The summed E-state index contributed by atoms with van der Waals surface area (Å²) in [4.78, 5) is 27.4. The Labute approximate surface area is 131 Å². The molecule has 0 bridgehead atoms. The molecule has 1 N–H and O–H groups in total. The van der Waals surface area contributed by atoms with Gasteiger partial charge >= 0.3 is 0 Å². The number of rotatable bonds is 8. The zero-order chi connectivity index (χ0) is 16.5. The number of benzene rings is 1. The van der Waals surface area contributed by atoms with E-state index in [0.717, 1.165) is 0 Å². The van der Waals surface area contributed by atoms with Crippen LogP contribution in [-0.4, -0.2) is 55.3 Å². The molecule has 2 amide bonds. The number of hydrogen-bond acceptors (Lipinski definition) is 3. The molecule has 5 heteroatoms. The van der Waals surface area contributed by atoms with Crippen LogP contribution >= 0.6 is 0 Å². The van der Waals surface area contributed by atoms with Crippen LogP contribution in [0.15, 0.2) is 49.6 Å². The van der Waals surface area contributed by atoms with Gasteiger partial charge in [-0.05, 0) is 18.2 Å². The van der Waals surface area contributed by atoms with Crippen molar-refractivity contribution in [2.24, 2.45) is 0 Å². The topological polar surface area (TPSA) is 52.7 Å². The SMILES string of the molecule is C=CCN(CC=C)CC(=O)Nc1cccc(C(=O)N(C)C)c1. The van der Waals surface area contributed by atoms with Gasteiger partial charge in [0.05, 0.1) is 6.54 Å². The van der Waals surface area contributed by atoms with E-state index in [1.165, 1.54) is 4.90 Å². The first-order chi connectivity index (χ1) is 10.5. The first kappa shape index (κ1) is 17.7. The first-order valence-electron chi connectivity index (χ1n) is 7.03. The number of amides is 2. The number of anilines is 1. The van der Waals surface area contributed by atoms with E-state index < -0.39 is 0 Å². The van der Waals surface area contributed by atoms with E-state index in [1.54, 1.807) is 50.5 Å². The minimum Gasteiger partial charge on any atom is -0.345 e. The highest BCUT2D eigenvalue weighted by Crippen LogP contribution is 2.12. The Morgan fingerprint density at radius 3 is 2.36 bits per heavy atom. The molecule has 0 radical (unpaired) electrons. The van der Waals surface area contributed by atoms with E-state index in [9.17, 15) is 9.59 Å². The number of nitrogens with zero attached hydrogens (tertiary/aromatic N) is 2. The van der Waals surface area contributed by atoms with Crippen molar-refractivity contribution in [3.63, 3.8) is 0 Å². The number of carbonyl (C=O) groups excluding carboxylic acids is 2. The molecule has 0 aromatic heterocycles. The van der Waals surface area contributed by atoms with Crippen molar-refractivity contribution in [3.05, 3.63) is 55.1 Å². The fourth-order valence-electron chi connectivity index (χ4n) is 1.96. The Morgan fingerprint density at radius 1 is 1.18 bits per heavy atom. The molecule has 1 rings (SSSR count). The van der Waals surface area contributed by atoms with Gasteiger partial charge in [-0.25, -0.2) is 0 Å². The molecule has 0 aliphatic heterocycles. The lowest BCUT2D eigenvalue weighted by atomic mass is 10.2. The van der Waals surface area contributed by atoms with Gasteiger partial charge in [-0.1, -0.05) is 18.2 Å². The highest BCUT2D eigenvalue weighted by molar-refractivity contribution is 5.97. The molecule has 0 unspecified atom stereocenters. The quantitative estimate of drug-likeness (QED) is 0.747. The molecule has 0 aliphatic rings. The highest BCUT2D eigenvalue weighted by atomic mass is 16.2. The average molecular weight is 301 g/mol. The molecule has 0 aliphatic carbocycles. The summed E-state index contributed by atoms with van der Waals surface area (Å²) in [6.45, 7) is 8.80. The van der Waals surface area contributed by atoms with E-state index in [2.05, 4.69) is 18.5 Å². The molecule has 0 spiro atoms. The van der Waals surface area contributed by atoms with E-state index in [4.69, 9.17) is 0 Å². The maximum Gasteiger partial charge on any atom is 0.253 e. The van der Waals surface area contributed by atoms with Gasteiger partial charge in [0, 0.05) is 38.4 Å². The molecule has 118 valence electrons. The number of nitrogens with one attached hydrogen (secondary N) is 1. The van der Waals surface area contributed by atoms with Crippen molar-refractivity contribution >= 4 is 17.5 Å². The molecule has 1 aromatic rings. The lowest BCUT2D eigenvalue weighted by Gasteiger charge is -2.18. The summed E-state index contributed by atoms with van der Waals surface area (Å²) in [6, 6.07) is 6.90. The predicted octanol–water partition coefficient (Wildman–Crippen LogP) is 2.00. The molecule has 0 fully saturated rings. The second-order valence-corrected chi connectivity index (χ2v) is 5.10. The second kappa shape index (κ2) is 8.79. The standard InChI is InChI=1S/C17H23N3O2/c1-5-10-20(11-6-2)13-16(21)18-15-9-7-8-14(12-15)17(22)19(3)4/h5-9,12H,1-2,10-11,13H2,3-4H3,(H,18,21). The van der Waals surface area contributed by atoms with Crippen LogP contribution in [0.1, 0.15) is 10.4 Å². The van der Waals surface area contributed by atoms with Gasteiger partial charge in [0.1, 0.15) is 0 Å². The normalized spacial score (nSPS) is 10.1. The van der Waals surface area contributed by atoms with E-state index >= 15 is 0 Å². The van der Waals surface area contributed by atoms with Crippen molar-refractivity contribution in [1.29, 1.82) is 0 Å². The summed E-state index contributed by atoms with van der Waals surface area (Å²) in [5, 5.41) is 2.80. The molecular weight excluding hydrogens is 278 g/mol. The van der Waals surface area contributed by atoms with Gasteiger partial charge in [0.15, 0.2) is 0 Å². The zero-order valence-corrected chi connectivity index (χ0v) is 13.2. The summed E-state index contributed by atoms with van der Waals surface area (Å²) >= 11 is 0. The Balaban J connectivity index is 2.71. The molecule has 22 heavy (non-hydrogen) atoms. The zero-order valence-electron chi connectivity index (χ0n) is 13.2. The Morgan fingerprint density at radius 2 is 1.82 bits per heavy atom. The van der Waals surface area contributed by atoms with Crippen LogP contribution in [0, 0.1) is 0 Å². The van der Waals surface area contributed by atoms with Gasteiger partial charge in [-0.2, -0.15) is 0 Å². The summed E-state index contributed by atoms with van der Waals surface area (Å²) in [6.07, 6.45) is 3.49. The van der Waals surface area contributed by atoms with Crippen LogP contribution < -0.4 is 5.32 Å². The predicted molar refractivity (Wildman–Crippen MR) is 89.9 cm³/mol. The van der Waals surface area contributed by atoms with Gasteiger partial charge in [0.25, 0.3) is 5.91 Å². The number of carbonyl (C=O) groups is 2. The Kier molecular flexibility index (Phi) is 7.05. The van der Waals surface area contributed by atoms with Crippen LogP contribution in [0.25, 0.3) is 0 Å². The molecular formula is C17H23N3O2. The smallest absolute Gasteiger partial charge is 0.253 e. The van der Waals surface area contributed by atoms with Crippen LogP contribution in [0.5, 0.6) is 0 Å². The lowest BCUT2D eigenvalue weighted by molar-refractivity contribution is -0.117. The van der Waals surface area contributed by atoms with Crippen molar-refractivity contribution < 1.29 is 9.59 Å². The molecule has 1 aromatic carbocycles. The minimum atomic E-state index is -0.141. The number of hydrogen-bond donors (Lipinski definition) is 1. The third-order valence-electron chi connectivity index (χ3n) is 2.94. The first-order valence-corrected chi connectivity index (χ1v) is 7.03. The van der Waals surface area contributed by atoms with Gasteiger partial charge in [-0.3, -0.25) is 14.5 Å².